The molecule has 0 N–H and O–H groups in total. The van der Waals surface area contributed by atoms with Gasteiger partial charge in [-0.1, -0.05) is 19.9 Å². The van der Waals surface area contributed by atoms with Crippen LogP contribution in [0.2, 0.25) is 0 Å². The van der Waals surface area contributed by atoms with Crippen LogP contribution in [-0.2, 0) is 0 Å². The zero-order valence-corrected chi connectivity index (χ0v) is 13.4. The highest BCUT2D eigenvalue weighted by atomic mass is 32.1. The molecule has 0 aliphatic carbocycles. The molecule has 2 aromatic rings. The van der Waals surface area contributed by atoms with Gasteiger partial charge in [-0.25, -0.2) is 4.98 Å². The lowest BCUT2D eigenvalue weighted by atomic mass is 10.0. The Morgan fingerprint density at radius 1 is 1.40 bits per heavy atom. The van der Waals surface area contributed by atoms with Gasteiger partial charge < -0.3 is 0 Å². The van der Waals surface area contributed by atoms with Gasteiger partial charge in [-0.2, -0.15) is 5.26 Å². The summed E-state index contributed by atoms with van der Waals surface area (Å²) >= 11 is 3.23. The smallest absolute Gasteiger partial charge is 0.133 e. The van der Waals surface area contributed by atoms with E-state index in [9.17, 15) is 5.26 Å². The van der Waals surface area contributed by atoms with Crippen LogP contribution in [0.3, 0.4) is 0 Å². The van der Waals surface area contributed by atoms with Gasteiger partial charge in [0.15, 0.2) is 0 Å². The van der Waals surface area contributed by atoms with Gasteiger partial charge in [-0.05, 0) is 24.3 Å². The van der Waals surface area contributed by atoms with Crippen LogP contribution >= 0.6 is 22.7 Å². The lowest BCUT2D eigenvalue weighted by molar-refractivity contribution is 0.524. The summed E-state index contributed by atoms with van der Waals surface area (Å²) in [6, 6.07) is 6.53. The van der Waals surface area contributed by atoms with Crippen molar-refractivity contribution in [2.24, 2.45) is 10.9 Å². The Bertz CT molecular complexity index is 605. The Kier molecular flexibility index (Phi) is 5.05. The van der Waals surface area contributed by atoms with Crippen LogP contribution in [0.25, 0.3) is 0 Å². The summed E-state index contributed by atoms with van der Waals surface area (Å²) in [5.74, 6) is 0.0530. The van der Waals surface area contributed by atoms with Crippen LogP contribution in [0, 0.1) is 24.2 Å². The fraction of sp³-hybridized carbons (Fsp3) is 0.400. The minimum atomic E-state index is -0.352. The van der Waals surface area contributed by atoms with Crippen LogP contribution in [0.15, 0.2) is 27.9 Å². The third kappa shape index (κ3) is 3.53. The second-order valence-corrected chi connectivity index (χ2v) is 6.81. The summed E-state index contributed by atoms with van der Waals surface area (Å²) in [6.07, 6.45) is 1.75. The maximum absolute atomic E-state index is 9.30. The quantitative estimate of drug-likeness (QED) is 0.759. The summed E-state index contributed by atoms with van der Waals surface area (Å²) in [5, 5.41) is 14.1. The molecule has 0 aliphatic rings. The van der Waals surface area contributed by atoms with E-state index < -0.39 is 0 Å². The van der Waals surface area contributed by atoms with Crippen molar-refractivity contribution < 1.29 is 0 Å². The molecule has 0 fully saturated rings. The van der Waals surface area contributed by atoms with Gasteiger partial charge >= 0.3 is 0 Å². The molecule has 5 heteroatoms. The molecule has 20 heavy (non-hydrogen) atoms. The van der Waals surface area contributed by atoms with Crippen molar-refractivity contribution in [1.82, 2.24) is 4.98 Å². The van der Waals surface area contributed by atoms with Crippen molar-refractivity contribution >= 4 is 28.9 Å². The Hall–Kier alpha value is -1.51. The first-order valence-electron chi connectivity index (χ1n) is 6.50. The molecule has 0 bridgehead atoms. The molecular weight excluding hydrogens is 286 g/mol. The summed E-state index contributed by atoms with van der Waals surface area (Å²) in [4.78, 5) is 10.3. The van der Waals surface area contributed by atoms with Crippen molar-refractivity contribution in [3.05, 3.63) is 38.5 Å². The number of aryl methyl sites for hydroxylation is 1. The maximum Gasteiger partial charge on any atom is 0.133 e. The number of thiazole rings is 1. The molecule has 2 atom stereocenters. The number of nitriles is 1. The molecule has 0 saturated carbocycles. The van der Waals surface area contributed by atoms with E-state index in [2.05, 4.69) is 41.3 Å². The first kappa shape index (κ1) is 14.9. The van der Waals surface area contributed by atoms with E-state index in [1.165, 1.54) is 16.2 Å². The van der Waals surface area contributed by atoms with E-state index >= 15 is 0 Å². The molecule has 0 unspecified atom stereocenters. The molecule has 0 aromatic carbocycles. The second kappa shape index (κ2) is 6.78. The summed E-state index contributed by atoms with van der Waals surface area (Å²) < 4.78 is 0. The van der Waals surface area contributed by atoms with Crippen molar-refractivity contribution in [2.45, 2.75) is 32.7 Å². The number of aromatic nitrogens is 1. The van der Waals surface area contributed by atoms with E-state index in [-0.39, 0.29) is 12.0 Å². The normalized spacial score (nSPS) is 14.6. The van der Waals surface area contributed by atoms with Gasteiger partial charge in [0.05, 0.1) is 12.1 Å². The third-order valence-electron chi connectivity index (χ3n) is 2.90. The van der Waals surface area contributed by atoms with E-state index in [0.717, 1.165) is 10.7 Å². The average molecular weight is 303 g/mol. The lowest BCUT2D eigenvalue weighted by Crippen LogP contribution is -2.05. The molecule has 3 nitrogen and oxygen atoms in total. The topological polar surface area (TPSA) is 49.0 Å². The number of aliphatic imine (C=N–C) groups is 1. The predicted molar refractivity (Wildman–Crippen MR) is 85.6 cm³/mol. The fourth-order valence-corrected chi connectivity index (χ4v) is 3.62. The van der Waals surface area contributed by atoms with Crippen LogP contribution in [0.5, 0.6) is 0 Å². The molecule has 0 aliphatic heterocycles. The first-order chi connectivity index (χ1) is 9.61. The van der Waals surface area contributed by atoms with Gasteiger partial charge in [-0.3, -0.25) is 4.99 Å². The highest BCUT2D eigenvalue weighted by Gasteiger charge is 2.17. The monoisotopic (exact) mass is 303 g/mol. The van der Waals surface area contributed by atoms with E-state index in [1.807, 2.05) is 18.4 Å². The summed E-state index contributed by atoms with van der Waals surface area (Å²) in [7, 11) is 0. The number of thiophene rings is 1. The molecule has 0 spiro atoms. The summed E-state index contributed by atoms with van der Waals surface area (Å²) in [5.41, 5.74) is 0.956. The minimum absolute atomic E-state index is 0.118. The third-order valence-corrected chi connectivity index (χ3v) is 4.89. The van der Waals surface area contributed by atoms with Gasteiger partial charge in [0, 0.05) is 22.2 Å². The van der Waals surface area contributed by atoms with Gasteiger partial charge in [-0.15, -0.1) is 22.7 Å². The van der Waals surface area contributed by atoms with Gasteiger partial charge in [0.1, 0.15) is 10.9 Å². The minimum Gasteiger partial charge on any atom is -0.286 e. The molecule has 2 aromatic heterocycles. The van der Waals surface area contributed by atoms with Crippen LogP contribution in [0.1, 0.15) is 41.4 Å². The fourth-order valence-electron chi connectivity index (χ4n) is 1.88. The Balaban J connectivity index is 2.19. The predicted octanol–water partition coefficient (Wildman–Crippen LogP) is 4.59. The van der Waals surface area contributed by atoms with Crippen LogP contribution < -0.4 is 0 Å². The Morgan fingerprint density at radius 2 is 2.20 bits per heavy atom. The first-order valence-corrected chi connectivity index (χ1v) is 8.26. The molecule has 104 valence electrons. The van der Waals surface area contributed by atoms with Crippen LogP contribution in [0.4, 0.5) is 0 Å². The molecule has 2 heterocycles. The molecular formula is C15H17N3S2. The molecule has 0 radical (unpaired) electrons. The van der Waals surface area contributed by atoms with E-state index in [0.29, 0.717) is 5.92 Å². The standard InChI is InChI=1S/C15H17N3S2/c1-10(2)14(13-5-4-6-19-13)17-8-12(7-16)15-18-11(3)9-20-15/h4-6,8-10,12,14H,1-3H3/t12-,14+/m0/s1. The zero-order valence-electron chi connectivity index (χ0n) is 11.8. The molecule has 0 amide bonds. The molecule has 0 saturated heterocycles. The van der Waals surface area contributed by atoms with Crippen molar-refractivity contribution in [3.63, 3.8) is 0 Å². The Labute approximate surface area is 127 Å². The van der Waals surface area contributed by atoms with Crippen molar-refractivity contribution in [2.75, 3.05) is 0 Å². The van der Waals surface area contributed by atoms with Crippen molar-refractivity contribution in [3.8, 4) is 6.07 Å². The molecule has 2 rings (SSSR count). The van der Waals surface area contributed by atoms with E-state index in [1.54, 1.807) is 17.6 Å². The lowest BCUT2D eigenvalue weighted by Gasteiger charge is -2.14. The zero-order chi connectivity index (χ0) is 14.5. The largest absolute Gasteiger partial charge is 0.286 e. The number of hydrogen-bond acceptors (Lipinski definition) is 5. The van der Waals surface area contributed by atoms with E-state index in [4.69, 9.17) is 0 Å². The SMILES string of the molecule is Cc1csc([C@@H](C#N)C=N[C@@H](c2cccs2)C(C)C)n1. The Morgan fingerprint density at radius 3 is 2.70 bits per heavy atom. The maximum atomic E-state index is 9.30. The van der Waals surface area contributed by atoms with Crippen molar-refractivity contribution in [1.29, 1.82) is 5.26 Å². The summed E-state index contributed by atoms with van der Waals surface area (Å²) in [6.45, 7) is 6.24. The van der Waals surface area contributed by atoms with Gasteiger partial charge in [0.25, 0.3) is 0 Å². The number of nitrogens with zero attached hydrogens (tertiary/aromatic N) is 3. The number of rotatable bonds is 5. The van der Waals surface area contributed by atoms with Crippen LogP contribution in [-0.4, -0.2) is 11.2 Å². The number of hydrogen-bond donors (Lipinski definition) is 0. The second-order valence-electron chi connectivity index (χ2n) is 4.94. The highest BCUT2D eigenvalue weighted by Crippen LogP contribution is 2.30. The highest BCUT2D eigenvalue weighted by molar-refractivity contribution is 7.10. The van der Waals surface area contributed by atoms with Gasteiger partial charge in [0.2, 0.25) is 0 Å². The average Bonchev–Trinajstić information content (AvgIpc) is 3.06.